The fourth-order valence-corrected chi connectivity index (χ4v) is 2.78. The molecule has 3 aromatic rings. The van der Waals surface area contributed by atoms with E-state index in [0.29, 0.717) is 16.8 Å². The topological polar surface area (TPSA) is 105 Å². The zero-order chi connectivity index (χ0) is 21.0. The molecule has 0 saturated heterocycles. The summed E-state index contributed by atoms with van der Waals surface area (Å²) in [6, 6.07) is 16.8. The minimum atomic E-state index is -1.08. The second-order valence-corrected chi connectivity index (χ2v) is 6.48. The van der Waals surface area contributed by atoms with Crippen molar-refractivity contribution in [2.75, 3.05) is 10.6 Å². The molecular formula is C22H20N2O5. The van der Waals surface area contributed by atoms with Gasteiger partial charge in [0.25, 0.3) is 5.91 Å². The molecule has 1 unspecified atom stereocenters. The number of esters is 1. The lowest BCUT2D eigenvalue weighted by molar-refractivity contribution is -0.123. The summed E-state index contributed by atoms with van der Waals surface area (Å²) in [7, 11) is 0. The summed E-state index contributed by atoms with van der Waals surface area (Å²) in [5, 5.41) is 16.9. The maximum atomic E-state index is 12.4. The van der Waals surface area contributed by atoms with E-state index in [9.17, 15) is 19.5 Å². The molecule has 0 aliphatic heterocycles. The second kappa shape index (κ2) is 8.43. The molecule has 7 heteroatoms. The van der Waals surface area contributed by atoms with Gasteiger partial charge in [0.05, 0.1) is 0 Å². The Morgan fingerprint density at radius 1 is 0.897 bits per heavy atom. The highest BCUT2D eigenvalue weighted by Gasteiger charge is 2.22. The van der Waals surface area contributed by atoms with Crippen LogP contribution in [0.15, 0.2) is 60.7 Å². The molecule has 3 rings (SSSR count). The second-order valence-electron chi connectivity index (χ2n) is 6.48. The maximum absolute atomic E-state index is 12.4. The van der Waals surface area contributed by atoms with E-state index in [4.69, 9.17) is 4.74 Å². The quantitative estimate of drug-likeness (QED) is 0.575. The summed E-state index contributed by atoms with van der Waals surface area (Å²) < 4.78 is 5.21. The van der Waals surface area contributed by atoms with Gasteiger partial charge in [0.2, 0.25) is 5.91 Å². The molecule has 2 amide bonds. The standard InChI is InChI=1S/C22H20N2O5/c1-13(21(27)24-17-10-8-16(9-11-17)23-14(2)25)29-22(28)19-12-7-15-5-3-4-6-18(15)20(19)26/h3-13,26H,1-2H3,(H,23,25)(H,24,27). The number of phenols is 1. The molecule has 0 aliphatic carbocycles. The summed E-state index contributed by atoms with van der Waals surface area (Å²) in [5.74, 6) is -1.70. The molecule has 3 N–H and O–H groups in total. The summed E-state index contributed by atoms with van der Waals surface area (Å²) in [6.07, 6.45) is -1.08. The molecule has 0 saturated carbocycles. The van der Waals surface area contributed by atoms with E-state index in [1.54, 1.807) is 42.5 Å². The number of aromatic hydroxyl groups is 1. The fourth-order valence-electron chi connectivity index (χ4n) is 2.78. The van der Waals surface area contributed by atoms with E-state index in [2.05, 4.69) is 10.6 Å². The van der Waals surface area contributed by atoms with Gasteiger partial charge in [-0.3, -0.25) is 9.59 Å². The Bertz CT molecular complexity index is 1080. The third kappa shape index (κ3) is 4.70. The van der Waals surface area contributed by atoms with Crippen LogP contribution in [0.4, 0.5) is 11.4 Å². The third-order valence-corrected chi connectivity index (χ3v) is 4.25. The molecule has 148 valence electrons. The van der Waals surface area contributed by atoms with Crippen LogP contribution in [-0.2, 0) is 14.3 Å². The van der Waals surface area contributed by atoms with Crippen molar-refractivity contribution in [2.24, 2.45) is 0 Å². The van der Waals surface area contributed by atoms with Gasteiger partial charge in [0.1, 0.15) is 11.3 Å². The number of hydrogen-bond acceptors (Lipinski definition) is 5. The molecule has 7 nitrogen and oxygen atoms in total. The first kappa shape index (κ1) is 19.9. The third-order valence-electron chi connectivity index (χ3n) is 4.25. The number of anilines is 2. The molecule has 0 bridgehead atoms. The number of carbonyl (C=O) groups is 3. The van der Waals surface area contributed by atoms with E-state index in [0.717, 1.165) is 5.39 Å². The Hall–Kier alpha value is -3.87. The minimum absolute atomic E-state index is 0.0111. The van der Waals surface area contributed by atoms with Gasteiger partial charge in [-0.25, -0.2) is 4.79 Å². The highest BCUT2D eigenvalue weighted by molar-refractivity contribution is 6.03. The number of nitrogens with one attached hydrogen (secondary N) is 2. The van der Waals surface area contributed by atoms with Crippen molar-refractivity contribution < 1.29 is 24.2 Å². The number of carbonyl (C=O) groups excluding carboxylic acids is 3. The summed E-state index contributed by atoms with van der Waals surface area (Å²) >= 11 is 0. The van der Waals surface area contributed by atoms with Crippen molar-refractivity contribution in [3.63, 3.8) is 0 Å². The van der Waals surface area contributed by atoms with Crippen LogP contribution in [0.5, 0.6) is 5.75 Å². The molecule has 0 heterocycles. The van der Waals surface area contributed by atoms with Crippen LogP contribution in [0.1, 0.15) is 24.2 Å². The first-order valence-corrected chi connectivity index (χ1v) is 8.95. The van der Waals surface area contributed by atoms with Crippen molar-refractivity contribution in [1.29, 1.82) is 0 Å². The Morgan fingerprint density at radius 3 is 2.17 bits per heavy atom. The van der Waals surface area contributed by atoms with Gasteiger partial charge in [0, 0.05) is 23.7 Å². The van der Waals surface area contributed by atoms with Crippen molar-refractivity contribution in [2.45, 2.75) is 20.0 Å². The zero-order valence-electron chi connectivity index (χ0n) is 15.9. The Kier molecular flexibility index (Phi) is 5.78. The largest absolute Gasteiger partial charge is 0.506 e. The van der Waals surface area contributed by atoms with Gasteiger partial charge in [-0.1, -0.05) is 30.3 Å². The molecular weight excluding hydrogens is 372 g/mol. The smallest absolute Gasteiger partial charge is 0.342 e. The van der Waals surface area contributed by atoms with Crippen molar-refractivity contribution in [3.05, 3.63) is 66.2 Å². The number of rotatable bonds is 5. The van der Waals surface area contributed by atoms with Gasteiger partial charge in [0.15, 0.2) is 6.10 Å². The summed E-state index contributed by atoms with van der Waals surface area (Å²) in [5.41, 5.74) is 1.07. The molecule has 0 radical (unpaired) electrons. The average Bonchev–Trinajstić information content (AvgIpc) is 2.69. The van der Waals surface area contributed by atoms with E-state index >= 15 is 0 Å². The van der Waals surface area contributed by atoms with Crippen LogP contribution < -0.4 is 10.6 Å². The predicted octanol–water partition coefficient (Wildman–Crippen LogP) is 3.69. The Labute approximate surface area is 167 Å². The Morgan fingerprint density at radius 2 is 1.52 bits per heavy atom. The number of hydrogen-bond donors (Lipinski definition) is 3. The zero-order valence-corrected chi connectivity index (χ0v) is 15.9. The first-order chi connectivity index (χ1) is 13.8. The number of phenolic OH excluding ortho intramolecular Hbond substituents is 1. The van der Waals surface area contributed by atoms with Gasteiger partial charge < -0.3 is 20.5 Å². The number of ether oxygens (including phenoxy) is 1. The predicted molar refractivity (Wildman–Crippen MR) is 110 cm³/mol. The lowest BCUT2D eigenvalue weighted by atomic mass is 10.1. The normalized spacial score (nSPS) is 11.5. The van der Waals surface area contributed by atoms with Gasteiger partial charge in [-0.2, -0.15) is 0 Å². The summed E-state index contributed by atoms with van der Waals surface area (Å²) in [6.45, 7) is 2.84. The SMILES string of the molecule is CC(=O)Nc1ccc(NC(=O)C(C)OC(=O)c2ccc3ccccc3c2O)cc1. The lowest BCUT2D eigenvalue weighted by Gasteiger charge is -2.15. The molecule has 0 aliphatic rings. The molecule has 29 heavy (non-hydrogen) atoms. The van der Waals surface area contributed by atoms with Gasteiger partial charge in [-0.15, -0.1) is 0 Å². The maximum Gasteiger partial charge on any atom is 0.342 e. The van der Waals surface area contributed by atoms with E-state index in [1.807, 2.05) is 12.1 Å². The van der Waals surface area contributed by atoms with E-state index in [1.165, 1.54) is 19.9 Å². The number of benzene rings is 3. The van der Waals surface area contributed by atoms with Crippen LogP contribution in [0.25, 0.3) is 10.8 Å². The molecule has 1 atom stereocenters. The van der Waals surface area contributed by atoms with E-state index in [-0.39, 0.29) is 17.2 Å². The van der Waals surface area contributed by atoms with Crippen LogP contribution in [0.3, 0.4) is 0 Å². The van der Waals surface area contributed by atoms with Crippen LogP contribution >= 0.6 is 0 Å². The average molecular weight is 392 g/mol. The monoisotopic (exact) mass is 392 g/mol. The highest BCUT2D eigenvalue weighted by atomic mass is 16.5. The fraction of sp³-hybridized carbons (Fsp3) is 0.136. The van der Waals surface area contributed by atoms with Crippen LogP contribution in [0.2, 0.25) is 0 Å². The van der Waals surface area contributed by atoms with Crippen molar-refractivity contribution in [1.82, 2.24) is 0 Å². The molecule has 3 aromatic carbocycles. The Balaban J connectivity index is 1.65. The van der Waals surface area contributed by atoms with Crippen molar-refractivity contribution >= 4 is 39.9 Å². The highest BCUT2D eigenvalue weighted by Crippen LogP contribution is 2.29. The lowest BCUT2D eigenvalue weighted by Crippen LogP contribution is -2.30. The van der Waals surface area contributed by atoms with Gasteiger partial charge >= 0.3 is 5.97 Å². The molecule has 0 spiro atoms. The van der Waals surface area contributed by atoms with Gasteiger partial charge in [-0.05, 0) is 42.6 Å². The van der Waals surface area contributed by atoms with Crippen molar-refractivity contribution in [3.8, 4) is 5.75 Å². The van der Waals surface area contributed by atoms with E-state index < -0.39 is 18.0 Å². The summed E-state index contributed by atoms with van der Waals surface area (Å²) in [4.78, 5) is 35.8. The number of fused-ring (bicyclic) bond motifs is 1. The molecule has 0 aromatic heterocycles. The van der Waals surface area contributed by atoms with Crippen LogP contribution in [0, 0.1) is 0 Å². The minimum Gasteiger partial charge on any atom is -0.506 e. The molecule has 0 fully saturated rings. The van der Waals surface area contributed by atoms with Crippen LogP contribution in [-0.4, -0.2) is 29.0 Å². The first-order valence-electron chi connectivity index (χ1n) is 8.95. The number of amides is 2.